The van der Waals surface area contributed by atoms with Gasteiger partial charge in [-0.2, -0.15) is 9.61 Å². The Morgan fingerprint density at radius 3 is 2.76 bits per heavy atom. The van der Waals surface area contributed by atoms with Gasteiger partial charge in [0.1, 0.15) is 17.2 Å². The lowest BCUT2D eigenvalue weighted by molar-refractivity contribution is 0.0448. The van der Waals surface area contributed by atoms with Gasteiger partial charge in [-0.1, -0.05) is 0 Å². The SMILES string of the molecule is CNc1cc(NC2=CC=CN(n3cccc3)C2=C=O)nc2c(C(=O)N[C@H]3CC[C@@H]3O)cnn12. The highest BCUT2D eigenvalue weighted by Crippen LogP contribution is 2.25. The third-order valence-electron chi connectivity index (χ3n) is 5.70. The maximum absolute atomic E-state index is 12.8. The topological polar surface area (TPSA) is 129 Å². The van der Waals surface area contributed by atoms with E-state index in [1.165, 1.54) is 10.7 Å². The highest BCUT2D eigenvalue weighted by Gasteiger charge is 2.31. The summed E-state index contributed by atoms with van der Waals surface area (Å²) in [6.45, 7) is 0. The quantitative estimate of drug-likeness (QED) is 0.413. The Morgan fingerprint density at radius 1 is 1.27 bits per heavy atom. The van der Waals surface area contributed by atoms with Crippen molar-refractivity contribution in [2.45, 2.75) is 25.0 Å². The van der Waals surface area contributed by atoms with E-state index in [0.29, 0.717) is 29.4 Å². The van der Waals surface area contributed by atoms with Crippen LogP contribution in [0.5, 0.6) is 0 Å². The van der Waals surface area contributed by atoms with Crippen LogP contribution in [0.2, 0.25) is 0 Å². The first kappa shape index (κ1) is 20.6. The van der Waals surface area contributed by atoms with Gasteiger partial charge < -0.3 is 21.1 Å². The number of hydrogen-bond donors (Lipinski definition) is 4. The van der Waals surface area contributed by atoms with Gasteiger partial charge in [0.25, 0.3) is 5.91 Å². The largest absolute Gasteiger partial charge is 0.391 e. The van der Waals surface area contributed by atoms with Crippen LogP contribution in [0.3, 0.4) is 0 Å². The zero-order chi connectivity index (χ0) is 22.9. The van der Waals surface area contributed by atoms with Crippen molar-refractivity contribution in [3.8, 4) is 0 Å². The van der Waals surface area contributed by atoms with E-state index in [0.717, 1.165) is 6.42 Å². The van der Waals surface area contributed by atoms with Crippen molar-refractivity contribution in [2.24, 2.45) is 0 Å². The Balaban J connectivity index is 1.47. The molecule has 0 spiro atoms. The van der Waals surface area contributed by atoms with Crippen molar-refractivity contribution >= 4 is 29.1 Å². The highest BCUT2D eigenvalue weighted by molar-refractivity contribution is 6.00. The van der Waals surface area contributed by atoms with Gasteiger partial charge in [0, 0.05) is 31.7 Å². The van der Waals surface area contributed by atoms with E-state index in [-0.39, 0.29) is 23.2 Å². The number of amides is 1. The minimum Gasteiger partial charge on any atom is -0.391 e. The summed E-state index contributed by atoms with van der Waals surface area (Å²) in [5.74, 6) is 2.63. The number of aliphatic hydroxyl groups excluding tert-OH is 1. The number of aliphatic hydroxyl groups is 1. The van der Waals surface area contributed by atoms with E-state index in [1.807, 2.05) is 30.5 Å². The molecule has 0 saturated heterocycles. The van der Waals surface area contributed by atoms with Gasteiger partial charge in [0.05, 0.1) is 24.0 Å². The Kier molecular flexibility index (Phi) is 5.17. The Morgan fingerprint density at radius 2 is 2.09 bits per heavy atom. The molecule has 0 aromatic carbocycles. The van der Waals surface area contributed by atoms with Gasteiger partial charge in [-0.15, -0.1) is 0 Å². The number of aromatic nitrogens is 4. The van der Waals surface area contributed by atoms with Crippen LogP contribution in [-0.2, 0) is 4.79 Å². The molecule has 0 unspecified atom stereocenters. The van der Waals surface area contributed by atoms with Gasteiger partial charge in [0.2, 0.25) is 0 Å². The molecule has 33 heavy (non-hydrogen) atoms. The Hall–Kier alpha value is -4.34. The minimum atomic E-state index is -0.531. The molecular weight excluding hydrogens is 424 g/mol. The highest BCUT2D eigenvalue weighted by atomic mass is 16.3. The molecule has 4 N–H and O–H groups in total. The molecule has 1 aliphatic heterocycles. The molecule has 11 heteroatoms. The number of nitrogens with zero attached hydrogens (tertiary/aromatic N) is 5. The van der Waals surface area contributed by atoms with Gasteiger partial charge in [-0.3, -0.25) is 9.47 Å². The predicted octanol–water partition coefficient (Wildman–Crippen LogP) is 1.00. The molecule has 5 rings (SSSR count). The lowest BCUT2D eigenvalue weighted by Crippen LogP contribution is -2.50. The van der Waals surface area contributed by atoms with E-state index in [4.69, 9.17) is 0 Å². The lowest BCUT2D eigenvalue weighted by Gasteiger charge is -2.32. The van der Waals surface area contributed by atoms with Crippen LogP contribution < -0.4 is 21.0 Å². The predicted molar refractivity (Wildman–Crippen MR) is 122 cm³/mol. The van der Waals surface area contributed by atoms with Gasteiger partial charge >= 0.3 is 0 Å². The summed E-state index contributed by atoms with van der Waals surface area (Å²) in [5.41, 5.74) is 1.38. The van der Waals surface area contributed by atoms with Crippen LogP contribution in [0.1, 0.15) is 23.2 Å². The first-order valence-corrected chi connectivity index (χ1v) is 10.5. The fraction of sp³-hybridized carbons (Fsp3) is 0.227. The van der Waals surface area contributed by atoms with Crippen LogP contribution in [-0.4, -0.2) is 55.4 Å². The zero-order valence-electron chi connectivity index (χ0n) is 17.8. The van der Waals surface area contributed by atoms with E-state index < -0.39 is 6.10 Å². The van der Waals surface area contributed by atoms with E-state index in [1.54, 1.807) is 41.2 Å². The molecule has 168 valence electrons. The van der Waals surface area contributed by atoms with E-state index in [2.05, 4.69) is 26.0 Å². The van der Waals surface area contributed by atoms with Crippen molar-refractivity contribution < 1.29 is 14.7 Å². The summed E-state index contributed by atoms with van der Waals surface area (Å²) >= 11 is 0. The molecule has 1 fully saturated rings. The number of nitrogens with one attached hydrogen (secondary N) is 3. The third-order valence-corrected chi connectivity index (χ3v) is 5.70. The molecule has 3 aromatic heterocycles. The van der Waals surface area contributed by atoms with Crippen LogP contribution in [0, 0.1) is 0 Å². The summed E-state index contributed by atoms with van der Waals surface area (Å²) in [4.78, 5) is 29.2. The summed E-state index contributed by atoms with van der Waals surface area (Å²) in [6.07, 6.45) is 11.2. The summed E-state index contributed by atoms with van der Waals surface area (Å²) in [7, 11) is 1.73. The molecule has 2 atom stereocenters. The zero-order valence-corrected chi connectivity index (χ0v) is 17.8. The molecule has 1 aliphatic carbocycles. The average molecular weight is 446 g/mol. The number of carbonyl (C=O) groups is 1. The molecule has 1 amide bonds. The molecule has 3 aromatic rings. The second-order valence-electron chi connectivity index (χ2n) is 7.70. The molecule has 0 radical (unpaired) electrons. The van der Waals surface area contributed by atoms with Crippen LogP contribution in [0.4, 0.5) is 11.6 Å². The summed E-state index contributed by atoms with van der Waals surface area (Å²) in [6, 6.07) is 5.16. The first-order valence-electron chi connectivity index (χ1n) is 10.5. The Labute approximate surface area is 188 Å². The number of allylic oxidation sites excluding steroid dienone is 2. The third kappa shape index (κ3) is 3.65. The fourth-order valence-corrected chi connectivity index (χ4v) is 3.76. The Bertz CT molecular complexity index is 1320. The number of carbonyl (C=O) groups excluding carboxylic acids is 2. The monoisotopic (exact) mass is 446 g/mol. The standard InChI is InChI=1S/C22H22N8O3/c1-23-20-11-19(25-15-5-4-10-29(17(15)13-31)28-8-2-3-9-28)27-21-14(12-24-30(20)21)22(33)26-16-6-7-18(16)32/h2-5,8-12,16,18,23,32H,6-7H2,1H3,(H,25,27)(H,26,33)/t16-,18-/m0/s1. The molecule has 11 nitrogen and oxygen atoms in total. The van der Waals surface area contributed by atoms with Crippen LogP contribution in [0.15, 0.2) is 66.5 Å². The molecule has 4 heterocycles. The van der Waals surface area contributed by atoms with E-state index >= 15 is 0 Å². The minimum absolute atomic E-state index is 0.267. The number of hydrogen-bond acceptors (Lipinski definition) is 8. The van der Waals surface area contributed by atoms with Crippen molar-refractivity contribution in [3.63, 3.8) is 0 Å². The van der Waals surface area contributed by atoms with Crippen molar-refractivity contribution in [3.05, 3.63) is 72.1 Å². The second-order valence-corrected chi connectivity index (χ2v) is 7.70. The van der Waals surface area contributed by atoms with Gasteiger partial charge in [0.15, 0.2) is 17.3 Å². The van der Waals surface area contributed by atoms with E-state index in [9.17, 15) is 14.7 Å². The molecular formula is C22H22N8O3. The summed E-state index contributed by atoms with van der Waals surface area (Å²) in [5, 5.41) is 24.7. The van der Waals surface area contributed by atoms with Crippen molar-refractivity contribution in [1.29, 1.82) is 0 Å². The first-order chi connectivity index (χ1) is 16.1. The molecule has 0 bridgehead atoms. The molecule has 1 saturated carbocycles. The fourth-order valence-electron chi connectivity index (χ4n) is 3.76. The second kappa shape index (κ2) is 8.30. The maximum Gasteiger partial charge on any atom is 0.257 e. The van der Waals surface area contributed by atoms with Crippen LogP contribution in [0.25, 0.3) is 5.65 Å². The molecule has 2 aliphatic rings. The lowest BCUT2D eigenvalue weighted by atomic mass is 9.89. The normalized spacial score (nSPS) is 19.6. The van der Waals surface area contributed by atoms with Crippen LogP contribution >= 0.6 is 0 Å². The number of rotatable bonds is 6. The summed E-state index contributed by atoms with van der Waals surface area (Å²) < 4.78 is 3.27. The smallest absolute Gasteiger partial charge is 0.257 e. The average Bonchev–Trinajstić information content (AvgIpc) is 3.51. The van der Waals surface area contributed by atoms with Gasteiger partial charge in [-0.05, 0) is 37.1 Å². The van der Waals surface area contributed by atoms with Crippen molar-refractivity contribution in [2.75, 3.05) is 22.7 Å². The maximum atomic E-state index is 12.8. The van der Waals surface area contributed by atoms with Gasteiger partial charge in [-0.25, -0.2) is 14.8 Å². The van der Waals surface area contributed by atoms with Crippen molar-refractivity contribution in [1.82, 2.24) is 24.6 Å². The number of anilines is 2. The number of fused-ring (bicyclic) bond motifs is 1.